The van der Waals surface area contributed by atoms with Crippen molar-refractivity contribution in [2.75, 3.05) is 0 Å². The van der Waals surface area contributed by atoms with Gasteiger partial charge in [0.15, 0.2) is 0 Å². The zero-order valence-corrected chi connectivity index (χ0v) is 29.2. The van der Waals surface area contributed by atoms with Crippen LogP contribution in [0.5, 0.6) is 0 Å². The van der Waals surface area contributed by atoms with E-state index in [4.69, 9.17) is 0 Å². The average molecular weight is 563 g/mol. The molecule has 0 saturated carbocycles. The van der Waals surface area contributed by atoms with E-state index >= 15 is 0 Å². The second-order valence-corrected chi connectivity index (χ2v) is 11.4. The van der Waals surface area contributed by atoms with Crippen molar-refractivity contribution in [1.82, 2.24) is 0 Å². The fourth-order valence-corrected chi connectivity index (χ4v) is 5.10. The van der Waals surface area contributed by atoms with Crippen molar-refractivity contribution in [1.29, 1.82) is 0 Å². The van der Waals surface area contributed by atoms with Gasteiger partial charge < -0.3 is 0 Å². The summed E-state index contributed by atoms with van der Waals surface area (Å²) in [6, 6.07) is 6.41. The van der Waals surface area contributed by atoms with Gasteiger partial charge in [-0.1, -0.05) is 115 Å². The van der Waals surface area contributed by atoms with Gasteiger partial charge in [-0.25, -0.2) is 0 Å². The third kappa shape index (κ3) is 15.8. The first kappa shape index (κ1) is 45.4. The van der Waals surface area contributed by atoms with E-state index in [9.17, 15) is 0 Å². The Morgan fingerprint density at radius 2 is 1.41 bits per heavy atom. The minimum absolute atomic E-state index is 0. The van der Waals surface area contributed by atoms with Crippen molar-refractivity contribution >= 4 is 5.57 Å². The number of benzene rings is 1. The highest BCUT2D eigenvalue weighted by atomic mass is 14.4. The zero-order chi connectivity index (χ0) is 32.2. The Labute approximate surface area is 259 Å². The summed E-state index contributed by atoms with van der Waals surface area (Å²) in [4.78, 5) is 0. The molecule has 0 N–H and O–H groups in total. The van der Waals surface area contributed by atoms with Gasteiger partial charge in [0.05, 0.1) is 0 Å². The molecule has 2 atom stereocenters. The monoisotopic (exact) mass is 563 g/mol. The third-order valence-corrected chi connectivity index (χ3v) is 7.80. The molecule has 0 aliphatic carbocycles. The highest BCUT2D eigenvalue weighted by Gasteiger charge is 2.31. The summed E-state index contributed by atoms with van der Waals surface area (Å²) in [6.45, 7) is 50.4. The van der Waals surface area contributed by atoms with Gasteiger partial charge in [-0.3, -0.25) is 0 Å². The summed E-state index contributed by atoms with van der Waals surface area (Å²) < 4.78 is 0. The van der Waals surface area contributed by atoms with Crippen LogP contribution in [-0.2, 0) is 0 Å². The van der Waals surface area contributed by atoms with Crippen LogP contribution in [0.1, 0.15) is 132 Å². The van der Waals surface area contributed by atoms with E-state index in [1.807, 2.05) is 20.8 Å². The van der Waals surface area contributed by atoms with Gasteiger partial charge in [0.2, 0.25) is 0 Å². The second-order valence-electron chi connectivity index (χ2n) is 11.4. The molecule has 1 aromatic carbocycles. The van der Waals surface area contributed by atoms with Gasteiger partial charge in [-0.2, -0.15) is 0 Å². The van der Waals surface area contributed by atoms with Gasteiger partial charge in [-0.15, -0.1) is 19.7 Å². The summed E-state index contributed by atoms with van der Waals surface area (Å²) >= 11 is 0. The Kier molecular flexibility index (Phi) is 26.6. The molecule has 0 bridgehead atoms. The van der Waals surface area contributed by atoms with Crippen LogP contribution in [0.15, 0.2) is 97.2 Å². The predicted molar refractivity (Wildman–Crippen MR) is 197 cm³/mol. The summed E-state index contributed by atoms with van der Waals surface area (Å²) in [5.74, 6) is 0.583. The van der Waals surface area contributed by atoms with Crippen molar-refractivity contribution in [2.45, 2.75) is 130 Å². The summed E-state index contributed by atoms with van der Waals surface area (Å²) in [5, 5.41) is 0. The molecular formula is C41H70. The van der Waals surface area contributed by atoms with E-state index in [1.54, 1.807) is 0 Å². The van der Waals surface area contributed by atoms with Crippen molar-refractivity contribution in [2.24, 2.45) is 11.3 Å². The number of rotatable bonds is 12. The highest BCUT2D eigenvalue weighted by molar-refractivity contribution is 5.84. The topological polar surface area (TPSA) is 0 Å². The van der Waals surface area contributed by atoms with E-state index in [-0.39, 0.29) is 7.43 Å². The van der Waals surface area contributed by atoms with Crippen molar-refractivity contribution in [3.63, 3.8) is 0 Å². The Morgan fingerprint density at radius 3 is 1.78 bits per heavy atom. The van der Waals surface area contributed by atoms with Crippen LogP contribution in [0, 0.1) is 25.2 Å². The largest absolute Gasteiger partial charge is 0.106 e. The van der Waals surface area contributed by atoms with Crippen LogP contribution in [0.3, 0.4) is 0 Å². The number of aryl methyl sites for hydroxylation is 1. The van der Waals surface area contributed by atoms with Crippen LogP contribution in [-0.4, -0.2) is 0 Å². The van der Waals surface area contributed by atoms with Crippen LogP contribution in [0.25, 0.3) is 5.57 Å². The molecule has 2 unspecified atom stereocenters. The molecule has 0 nitrogen and oxygen atoms in total. The lowest BCUT2D eigenvalue weighted by molar-refractivity contribution is 0.189. The first-order valence-electron chi connectivity index (χ1n) is 15.2. The standard InChI is InChI=1S/C19H34.C17H22.C2H6.C2H4.CH4/c1-9-13-19(8,14-11-12-15(3)4)17(7)18(10-2)16(5)6;1-11(2)14(6)17(12(3)4)16-10-8-9-13(5)15(16)7;2*1-2;/h10,17H,2-3,9,11-14H2,1,4-8H3;8-10H,1,3H2,2,4-7H3;1-2H3;1-2H2;1H4/b;17-14-;;;. The zero-order valence-electron chi connectivity index (χ0n) is 29.2. The minimum atomic E-state index is 0. The highest BCUT2D eigenvalue weighted by Crippen LogP contribution is 2.42. The number of allylic oxidation sites excluding steroid dienone is 8. The fraction of sp³-hybridized carbons (Fsp3) is 0.512. The second kappa shape index (κ2) is 24.0. The van der Waals surface area contributed by atoms with E-state index in [2.05, 4.69) is 133 Å². The first-order chi connectivity index (χ1) is 18.6. The molecule has 0 heterocycles. The fourth-order valence-electron chi connectivity index (χ4n) is 5.10. The van der Waals surface area contributed by atoms with Gasteiger partial charge in [0, 0.05) is 0 Å². The molecule has 0 radical (unpaired) electrons. The molecular weight excluding hydrogens is 492 g/mol. The average Bonchev–Trinajstić information content (AvgIpc) is 2.89. The lowest BCUT2D eigenvalue weighted by Gasteiger charge is -2.37. The molecule has 0 spiro atoms. The molecule has 0 aliphatic heterocycles. The first-order valence-corrected chi connectivity index (χ1v) is 15.2. The van der Waals surface area contributed by atoms with Crippen molar-refractivity contribution in [3.05, 3.63) is 114 Å². The molecule has 0 aromatic heterocycles. The quantitative estimate of drug-likeness (QED) is 0.175. The summed E-state index contributed by atoms with van der Waals surface area (Å²) in [6.07, 6.45) is 8.29. The summed E-state index contributed by atoms with van der Waals surface area (Å²) in [7, 11) is 0. The maximum Gasteiger partial charge on any atom is -0.0126 e. The van der Waals surface area contributed by atoms with Gasteiger partial charge in [0.25, 0.3) is 0 Å². The molecule has 1 aromatic rings. The third-order valence-electron chi connectivity index (χ3n) is 7.80. The van der Waals surface area contributed by atoms with Gasteiger partial charge in [0.1, 0.15) is 0 Å². The molecule has 41 heavy (non-hydrogen) atoms. The smallest absolute Gasteiger partial charge is 0.0126 e. The summed E-state index contributed by atoms with van der Waals surface area (Å²) in [5.41, 5.74) is 13.1. The Morgan fingerprint density at radius 1 is 0.902 bits per heavy atom. The van der Waals surface area contributed by atoms with Crippen molar-refractivity contribution in [3.8, 4) is 0 Å². The normalized spacial score (nSPS) is 12.4. The number of hydrogen-bond donors (Lipinski definition) is 0. The lowest BCUT2D eigenvalue weighted by Crippen LogP contribution is -2.27. The Hall–Kier alpha value is -2.60. The van der Waals surface area contributed by atoms with Crippen LogP contribution in [0.4, 0.5) is 0 Å². The van der Waals surface area contributed by atoms with Gasteiger partial charge >= 0.3 is 0 Å². The predicted octanol–water partition coefficient (Wildman–Crippen LogP) is 14.4. The lowest BCUT2D eigenvalue weighted by atomic mass is 9.67. The molecule has 0 heteroatoms. The number of hydrogen-bond acceptors (Lipinski definition) is 0. The minimum Gasteiger partial charge on any atom is -0.106 e. The maximum absolute atomic E-state index is 4.11. The maximum atomic E-state index is 4.11. The van der Waals surface area contributed by atoms with Crippen LogP contribution < -0.4 is 0 Å². The van der Waals surface area contributed by atoms with E-state index < -0.39 is 0 Å². The van der Waals surface area contributed by atoms with Crippen LogP contribution in [0.2, 0.25) is 0 Å². The van der Waals surface area contributed by atoms with Gasteiger partial charge in [-0.05, 0) is 126 Å². The SMILES string of the molecule is C.C=C.C=C(C)/C(C)=C(/C(=C)C)c1cccc(C)c1C.C=CC(=C(C)C)C(C)C(C)(CCC)CCCC(=C)C.CC. The Balaban J connectivity index is -0.000000292. The van der Waals surface area contributed by atoms with Crippen LogP contribution >= 0.6 is 0 Å². The molecule has 1 rings (SSSR count). The molecule has 0 aliphatic rings. The Bertz CT molecular complexity index is 1000. The van der Waals surface area contributed by atoms with E-state index in [0.717, 1.165) is 17.6 Å². The van der Waals surface area contributed by atoms with Crippen molar-refractivity contribution < 1.29 is 0 Å². The van der Waals surface area contributed by atoms with E-state index in [1.165, 1.54) is 70.2 Å². The molecule has 0 fully saturated rings. The molecule has 0 amide bonds. The van der Waals surface area contributed by atoms with E-state index in [0.29, 0.717) is 11.3 Å². The molecule has 234 valence electrons. The molecule has 0 saturated heterocycles.